The van der Waals surface area contributed by atoms with Crippen molar-refractivity contribution in [2.24, 2.45) is 0 Å². The maximum absolute atomic E-state index is 4.66. The van der Waals surface area contributed by atoms with Gasteiger partial charge in [0.15, 0.2) is 0 Å². The summed E-state index contributed by atoms with van der Waals surface area (Å²) in [6.07, 6.45) is 5.32. The van der Waals surface area contributed by atoms with Gasteiger partial charge in [-0.15, -0.1) is 4.68 Å². The minimum atomic E-state index is 0.492. The number of nitrogens with zero attached hydrogens (tertiary/aromatic N) is 4. The van der Waals surface area contributed by atoms with Crippen LogP contribution >= 0.6 is 0 Å². The summed E-state index contributed by atoms with van der Waals surface area (Å²) in [6, 6.07) is 6.70. The highest BCUT2D eigenvalue weighted by Gasteiger charge is 2.22. The predicted octanol–water partition coefficient (Wildman–Crippen LogP) is 4.67. The molecule has 0 atom stereocenters. The van der Waals surface area contributed by atoms with Crippen LogP contribution in [0.3, 0.4) is 0 Å². The smallest absolute Gasteiger partial charge is 0.270 e. The summed E-state index contributed by atoms with van der Waals surface area (Å²) >= 11 is 0. The summed E-state index contributed by atoms with van der Waals surface area (Å²) < 4.78 is 5.54. The largest absolute Gasteiger partial charge is 0.324 e. The summed E-state index contributed by atoms with van der Waals surface area (Å²) in [5, 5.41) is 4.66. The highest BCUT2D eigenvalue weighted by atomic mass is 15.4. The van der Waals surface area contributed by atoms with E-state index in [1.165, 1.54) is 53.9 Å². The van der Waals surface area contributed by atoms with Gasteiger partial charge in [-0.05, 0) is 43.7 Å². The normalized spacial score (nSPS) is 12.3. The standard InChI is InChI=1S/C23H40N4/c1-8-27(9-2,10-3)16-12-15-26-18-25(17-24-26)23-21(19(4)5)13-11-14-22(23)20(6)7/h11,13-14,17-20H,8-10,12,15-16H2,1-7H3/q+2. The van der Waals surface area contributed by atoms with Crippen molar-refractivity contribution >= 4 is 0 Å². The third-order valence-electron chi connectivity index (χ3n) is 6.21. The molecule has 1 heterocycles. The van der Waals surface area contributed by atoms with Crippen LogP contribution in [-0.4, -0.2) is 40.4 Å². The minimum Gasteiger partial charge on any atom is -0.324 e. The molecule has 0 amide bonds. The topological polar surface area (TPSA) is 21.7 Å². The molecule has 2 aromatic rings. The van der Waals surface area contributed by atoms with Crippen LogP contribution < -0.4 is 4.57 Å². The van der Waals surface area contributed by atoms with Gasteiger partial charge in [0, 0.05) is 11.5 Å². The van der Waals surface area contributed by atoms with Gasteiger partial charge in [-0.3, -0.25) is 0 Å². The van der Waals surface area contributed by atoms with E-state index in [4.69, 9.17) is 0 Å². The Hall–Kier alpha value is -1.68. The van der Waals surface area contributed by atoms with E-state index in [0.717, 1.165) is 6.54 Å². The summed E-state index contributed by atoms with van der Waals surface area (Å²) in [5.41, 5.74) is 4.10. The number of aromatic nitrogens is 3. The molecule has 1 aromatic heterocycles. The van der Waals surface area contributed by atoms with E-state index in [1.807, 2.05) is 6.33 Å². The van der Waals surface area contributed by atoms with Gasteiger partial charge in [-0.25, -0.2) is 4.57 Å². The first kappa shape index (κ1) is 21.6. The Kier molecular flexibility index (Phi) is 7.60. The molecule has 0 spiro atoms. The minimum absolute atomic E-state index is 0.492. The Morgan fingerprint density at radius 2 is 1.52 bits per heavy atom. The molecule has 150 valence electrons. The Balaban J connectivity index is 2.21. The van der Waals surface area contributed by atoms with E-state index in [1.54, 1.807) is 0 Å². The fraction of sp³-hybridized carbons (Fsp3) is 0.652. The monoisotopic (exact) mass is 372 g/mol. The molecule has 4 nitrogen and oxygen atoms in total. The average Bonchev–Trinajstić information content (AvgIpc) is 3.13. The highest BCUT2D eigenvalue weighted by molar-refractivity contribution is 5.44. The molecular weight excluding hydrogens is 332 g/mol. The van der Waals surface area contributed by atoms with Crippen LogP contribution in [0.5, 0.6) is 0 Å². The van der Waals surface area contributed by atoms with Crippen LogP contribution in [0, 0.1) is 0 Å². The summed E-state index contributed by atoms with van der Waals surface area (Å²) in [4.78, 5) is 0. The predicted molar refractivity (Wildman–Crippen MR) is 113 cm³/mol. The highest BCUT2D eigenvalue weighted by Crippen LogP contribution is 2.27. The molecule has 0 radical (unpaired) electrons. The van der Waals surface area contributed by atoms with Crippen molar-refractivity contribution in [3.63, 3.8) is 0 Å². The number of rotatable bonds is 10. The molecule has 0 fully saturated rings. The fourth-order valence-corrected chi connectivity index (χ4v) is 4.08. The van der Waals surface area contributed by atoms with Crippen molar-refractivity contribution in [2.75, 3.05) is 26.2 Å². The molecule has 0 saturated carbocycles. The van der Waals surface area contributed by atoms with Gasteiger partial charge in [-0.1, -0.05) is 45.9 Å². The lowest BCUT2D eigenvalue weighted by molar-refractivity contribution is -0.923. The van der Waals surface area contributed by atoms with E-state index in [9.17, 15) is 0 Å². The molecule has 0 saturated heterocycles. The first-order chi connectivity index (χ1) is 12.9. The summed E-state index contributed by atoms with van der Waals surface area (Å²) in [6.45, 7) is 21.9. The Labute approximate surface area is 166 Å². The second-order valence-electron chi connectivity index (χ2n) is 8.38. The van der Waals surface area contributed by atoms with Crippen molar-refractivity contribution < 1.29 is 9.05 Å². The maximum Gasteiger partial charge on any atom is 0.270 e. The summed E-state index contributed by atoms with van der Waals surface area (Å²) in [7, 11) is 0. The molecule has 0 unspecified atom stereocenters. The second-order valence-corrected chi connectivity index (χ2v) is 8.38. The van der Waals surface area contributed by atoms with Gasteiger partial charge in [0.2, 0.25) is 6.33 Å². The van der Waals surface area contributed by atoms with Crippen LogP contribution in [0.4, 0.5) is 0 Å². The molecule has 0 N–H and O–H groups in total. The van der Waals surface area contributed by atoms with E-state index in [-0.39, 0.29) is 0 Å². The third-order valence-corrected chi connectivity index (χ3v) is 6.21. The Morgan fingerprint density at radius 1 is 0.963 bits per heavy atom. The fourth-order valence-electron chi connectivity index (χ4n) is 4.08. The van der Waals surface area contributed by atoms with Crippen LogP contribution in [-0.2, 0) is 6.54 Å². The number of quaternary nitrogens is 1. The number of hydrogen-bond acceptors (Lipinski definition) is 1. The van der Waals surface area contributed by atoms with E-state index in [0.29, 0.717) is 11.8 Å². The van der Waals surface area contributed by atoms with E-state index >= 15 is 0 Å². The van der Waals surface area contributed by atoms with Crippen molar-refractivity contribution in [3.05, 3.63) is 42.0 Å². The molecule has 0 aliphatic rings. The molecular formula is C23H40N4+2. The summed E-state index contributed by atoms with van der Waals surface area (Å²) in [5.74, 6) is 0.984. The van der Waals surface area contributed by atoms with Gasteiger partial charge in [0.05, 0.1) is 26.2 Å². The zero-order chi connectivity index (χ0) is 20.0. The van der Waals surface area contributed by atoms with Crippen LogP contribution in [0.1, 0.15) is 77.8 Å². The van der Waals surface area contributed by atoms with Crippen LogP contribution in [0.25, 0.3) is 5.69 Å². The van der Waals surface area contributed by atoms with Gasteiger partial charge >= 0.3 is 0 Å². The third kappa shape index (κ3) is 4.98. The van der Waals surface area contributed by atoms with Crippen molar-refractivity contribution in [1.82, 2.24) is 9.78 Å². The molecule has 0 bridgehead atoms. The van der Waals surface area contributed by atoms with E-state index < -0.39 is 0 Å². The van der Waals surface area contributed by atoms with Gasteiger partial charge in [-0.2, -0.15) is 0 Å². The molecule has 2 rings (SSSR count). The average molecular weight is 373 g/mol. The van der Waals surface area contributed by atoms with Crippen molar-refractivity contribution in [3.8, 4) is 5.69 Å². The van der Waals surface area contributed by atoms with Crippen molar-refractivity contribution in [1.29, 1.82) is 0 Å². The molecule has 27 heavy (non-hydrogen) atoms. The van der Waals surface area contributed by atoms with Gasteiger partial charge < -0.3 is 4.48 Å². The van der Waals surface area contributed by atoms with Gasteiger partial charge in [0.25, 0.3) is 6.33 Å². The van der Waals surface area contributed by atoms with E-state index in [2.05, 4.69) is 87.3 Å². The first-order valence-corrected chi connectivity index (χ1v) is 10.8. The number of benzene rings is 1. The lowest BCUT2D eigenvalue weighted by atomic mass is 9.92. The molecule has 0 aliphatic carbocycles. The SMILES string of the molecule is CC[N+](CC)(CC)CCCn1c[n+](-c2c(C(C)C)cccc2C(C)C)cn1. The Bertz CT molecular complexity index is 676. The molecule has 0 aliphatic heterocycles. The maximum atomic E-state index is 4.66. The Morgan fingerprint density at radius 3 is 2.00 bits per heavy atom. The quantitative estimate of drug-likeness (QED) is 0.439. The van der Waals surface area contributed by atoms with Crippen LogP contribution in [0.2, 0.25) is 0 Å². The lowest BCUT2D eigenvalue weighted by Crippen LogP contribution is -2.48. The second kappa shape index (κ2) is 9.50. The molecule has 1 aromatic carbocycles. The van der Waals surface area contributed by atoms with Gasteiger partial charge in [0.1, 0.15) is 12.2 Å². The van der Waals surface area contributed by atoms with Crippen LogP contribution in [0.15, 0.2) is 30.9 Å². The molecule has 4 heteroatoms. The van der Waals surface area contributed by atoms with Crippen molar-refractivity contribution in [2.45, 2.75) is 73.3 Å². The zero-order valence-corrected chi connectivity index (χ0v) is 18.6. The number of aryl methyl sites for hydroxylation is 1. The zero-order valence-electron chi connectivity index (χ0n) is 18.6. The first-order valence-electron chi connectivity index (χ1n) is 10.8. The number of hydrogen-bond donors (Lipinski definition) is 0. The lowest BCUT2D eigenvalue weighted by Gasteiger charge is -2.35. The number of para-hydroxylation sites is 1.